The Morgan fingerprint density at radius 1 is 0.939 bits per heavy atom. The fourth-order valence-corrected chi connectivity index (χ4v) is 3.71. The molecule has 3 aromatic rings. The van der Waals surface area contributed by atoms with Gasteiger partial charge in [-0.05, 0) is 67.1 Å². The van der Waals surface area contributed by atoms with E-state index in [-0.39, 0.29) is 5.91 Å². The van der Waals surface area contributed by atoms with E-state index < -0.39 is 11.4 Å². The van der Waals surface area contributed by atoms with Gasteiger partial charge in [-0.25, -0.2) is 0 Å². The molecule has 0 aliphatic rings. The van der Waals surface area contributed by atoms with Gasteiger partial charge in [-0.2, -0.15) is 0 Å². The van der Waals surface area contributed by atoms with E-state index in [4.69, 9.17) is 16.3 Å². The van der Waals surface area contributed by atoms with Crippen molar-refractivity contribution >= 4 is 23.5 Å². The molecule has 0 saturated carbocycles. The summed E-state index contributed by atoms with van der Waals surface area (Å²) in [6.07, 6.45) is 1.17. The molecule has 0 bridgehead atoms. The SMILES string of the molecule is COc1ccc(Cl)cc1C(=O)NCCc1ccc(-c2ccc(CC(C)(C)C(=O)O)cc2)cc1. The van der Waals surface area contributed by atoms with Crippen LogP contribution in [0, 0.1) is 5.41 Å². The number of aliphatic carboxylic acids is 1. The Morgan fingerprint density at radius 2 is 1.52 bits per heavy atom. The number of nitrogens with one attached hydrogen (secondary N) is 1. The summed E-state index contributed by atoms with van der Waals surface area (Å²) in [5, 5.41) is 12.7. The first kappa shape index (κ1) is 24.3. The molecule has 0 aliphatic carbocycles. The number of ether oxygens (including phenoxy) is 1. The van der Waals surface area contributed by atoms with Gasteiger partial charge in [0.15, 0.2) is 0 Å². The van der Waals surface area contributed by atoms with Crippen molar-refractivity contribution in [2.75, 3.05) is 13.7 Å². The maximum atomic E-state index is 12.5. The van der Waals surface area contributed by atoms with Gasteiger partial charge >= 0.3 is 5.97 Å². The smallest absolute Gasteiger partial charge is 0.309 e. The minimum absolute atomic E-state index is 0.225. The second-order valence-electron chi connectivity index (χ2n) is 8.61. The van der Waals surface area contributed by atoms with Crippen molar-refractivity contribution in [3.63, 3.8) is 0 Å². The summed E-state index contributed by atoms with van der Waals surface area (Å²) in [4.78, 5) is 23.8. The summed E-state index contributed by atoms with van der Waals surface area (Å²) < 4.78 is 5.24. The molecule has 5 nitrogen and oxygen atoms in total. The van der Waals surface area contributed by atoms with E-state index in [2.05, 4.69) is 5.32 Å². The van der Waals surface area contributed by atoms with Gasteiger partial charge in [-0.15, -0.1) is 0 Å². The number of rotatable bonds is 9. The lowest BCUT2D eigenvalue weighted by molar-refractivity contribution is -0.146. The summed E-state index contributed by atoms with van der Waals surface area (Å²) in [7, 11) is 1.52. The van der Waals surface area contributed by atoms with Gasteiger partial charge < -0.3 is 15.2 Å². The van der Waals surface area contributed by atoms with Crippen molar-refractivity contribution in [3.8, 4) is 16.9 Å². The van der Waals surface area contributed by atoms with Crippen molar-refractivity contribution < 1.29 is 19.4 Å². The van der Waals surface area contributed by atoms with Crippen LogP contribution in [0.25, 0.3) is 11.1 Å². The number of halogens is 1. The summed E-state index contributed by atoms with van der Waals surface area (Å²) >= 11 is 6.00. The van der Waals surface area contributed by atoms with Crippen LogP contribution in [-0.4, -0.2) is 30.6 Å². The van der Waals surface area contributed by atoms with Crippen LogP contribution in [0.4, 0.5) is 0 Å². The van der Waals surface area contributed by atoms with Crippen LogP contribution in [0.1, 0.15) is 35.3 Å². The highest BCUT2D eigenvalue weighted by Gasteiger charge is 2.27. The topological polar surface area (TPSA) is 75.6 Å². The first-order chi connectivity index (χ1) is 15.7. The van der Waals surface area contributed by atoms with E-state index in [0.717, 1.165) is 22.3 Å². The second-order valence-corrected chi connectivity index (χ2v) is 9.05. The molecule has 0 heterocycles. The zero-order valence-corrected chi connectivity index (χ0v) is 19.8. The number of carboxylic acid groups (broad SMARTS) is 1. The van der Waals surface area contributed by atoms with Crippen LogP contribution < -0.4 is 10.1 Å². The summed E-state index contributed by atoms with van der Waals surface area (Å²) in [6, 6.07) is 21.1. The van der Waals surface area contributed by atoms with Crippen molar-refractivity contribution in [2.24, 2.45) is 5.41 Å². The van der Waals surface area contributed by atoms with Crippen LogP contribution in [0.15, 0.2) is 66.7 Å². The third kappa shape index (κ3) is 6.36. The monoisotopic (exact) mass is 465 g/mol. The Kier molecular flexibility index (Phi) is 7.77. The third-order valence-corrected chi connectivity index (χ3v) is 5.81. The molecule has 0 unspecified atom stereocenters. The average Bonchev–Trinajstić information content (AvgIpc) is 2.79. The Morgan fingerprint density at radius 3 is 2.06 bits per heavy atom. The summed E-state index contributed by atoms with van der Waals surface area (Å²) in [6.45, 7) is 3.95. The second kappa shape index (κ2) is 10.5. The number of hydrogen-bond acceptors (Lipinski definition) is 3. The van der Waals surface area contributed by atoms with Crippen molar-refractivity contribution in [2.45, 2.75) is 26.7 Å². The molecule has 3 aromatic carbocycles. The van der Waals surface area contributed by atoms with E-state index in [1.54, 1.807) is 32.0 Å². The predicted octanol–water partition coefficient (Wildman–Crippen LogP) is 5.64. The molecule has 0 aromatic heterocycles. The van der Waals surface area contributed by atoms with E-state index in [9.17, 15) is 14.7 Å². The Balaban J connectivity index is 1.57. The molecule has 0 spiro atoms. The molecule has 0 atom stereocenters. The average molecular weight is 466 g/mol. The fourth-order valence-electron chi connectivity index (χ4n) is 3.54. The molecule has 6 heteroatoms. The first-order valence-electron chi connectivity index (χ1n) is 10.7. The van der Waals surface area contributed by atoms with E-state index in [1.165, 1.54) is 7.11 Å². The predicted molar refractivity (Wildman–Crippen MR) is 131 cm³/mol. The number of methoxy groups -OCH3 is 1. The molecular weight excluding hydrogens is 438 g/mol. The minimum Gasteiger partial charge on any atom is -0.496 e. The standard InChI is InChI=1S/C27H28ClNO4/c1-27(2,26(31)32)17-19-6-10-21(11-7-19)20-8-4-18(5-9-20)14-15-29-25(30)23-16-22(28)12-13-24(23)33-3/h4-13,16H,14-15,17H2,1-3H3,(H,29,30)(H,31,32). The molecule has 0 saturated heterocycles. The van der Waals surface area contributed by atoms with Crippen LogP contribution in [0.2, 0.25) is 5.02 Å². The summed E-state index contributed by atoms with van der Waals surface area (Å²) in [5.74, 6) is -0.541. The maximum Gasteiger partial charge on any atom is 0.309 e. The Bertz CT molecular complexity index is 1120. The molecule has 0 radical (unpaired) electrons. The van der Waals surface area contributed by atoms with E-state index in [0.29, 0.717) is 35.7 Å². The number of carbonyl (C=O) groups is 2. The number of hydrogen-bond donors (Lipinski definition) is 2. The van der Waals surface area contributed by atoms with Crippen LogP contribution in [0.3, 0.4) is 0 Å². The van der Waals surface area contributed by atoms with Crippen LogP contribution >= 0.6 is 11.6 Å². The van der Waals surface area contributed by atoms with Gasteiger partial charge in [-0.3, -0.25) is 9.59 Å². The molecule has 3 rings (SSSR count). The largest absolute Gasteiger partial charge is 0.496 e. The Hall–Kier alpha value is -3.31. The highest BCUT2D eigenvalue weighted by Crippen LogP contribution is 2.26. The molecule has 0 fully saturated rings. The number of carboxylic acids is 1. The van der Waals surface area contributed by atoms with Gasteiger partial charge in [0.1, 0.15) is 5.75 Å². The molecule has 172 valence electrons. The normalized spacial score (nSPS) is 11.2. The van der Waals surface area contributed by atoms with Crippen molar-refractivity contribution in [3.05, 3.63) is 88.4 Å². The lowest BCUT2D eigenvalue weighted by Crippen LogP contribution is -2.26. The van der Waals surface area contributed by atoms with Crippen molar-refractivity contribution in [1.29, 1.82) is 0 Å². The van der Waals surface area contributed by atoms with Crippen LogP contribution in [-0.2, 0) is 17.6 Å². The minimum atomic E-state index is -0.801. The highest BCUT2D eigenvalue weighted by atomic mass is 35.5. The first-order valence-corrected chi connectivity index (χ1v) is 11.1. The third-order valence-electron chi connectivity index (χ3n) is 5.57. The van der Waals surface area contributed by atoms with Crippen molar-refractivity contribution in [1.82, 2.24) is 5.32 Å². The molecule has 33 heavy (non-hydrogen) atoms. The molecule has 0 aliphatic heterocycles. The lowest BCUT2D eigenvalue weighted by atomic mass is 9.85. The van der Waals surface area contributed by atoms with E-state index >= 15 is 0 Å². The highest BCUT2D eigenvalue weighted by molar-refractivity contribution is 6.31. The van der Waals surface area contributed by atoms with Gasteiger partial charge in [0.25, 0.3) is 5.91 Å². The van der Waals surface area contributed by atoms with Gasteiger partial charge in [-0.1, -0.05) is 60.1 Å². The van der Waals surface area contributed by atoms with Crippen LogP contribution in [0.5, 0.6) is 5.75 Å². The summed E-state index contributed by atoms with van der Waals surface area (Å²) in [5.41, 5.74) is 3.87. The number of carbonyl (C=O) groups excluding carboxylic acids is 1. The van der Waals surface area contributed by atoms with E-state index in [1.807, 2.05) is 48.5 Å². The van der Waals surface area contributed by atoms with Gasteiger partial charge in [0.2, 0.25) is 0 Å². The molecular formula is C27H28ClNO4. The quantitative estimate of drug-likeness (QED) is 0.428. The van der Waals surface area contributed by atoms with Gasteiger partial charge in [0.05, 0.1) is 18.1 Å². The van der Waals surface area contributed by atoms with Gasteiger partial charge in [0, 0.05) is 11.6 Å². The fraction of sp³-hybridized carbons (Fsp3) is 0.259. The zero-order chi connectivity index (χ0) is 24.0. The Labute approximate surface area is 199 Å². The molecule has 2 N–H and O–H groups in total. The number of benzene rings is 3. The maximum absolute atomic E-state index is 12.5. The lowest BCUT2D eigenvalue weighted by Gasteiger charge is -2.19. The zero-order valence-electron chi connectivity index (χ0n) is 19.0. The molecule has 1 amide bonds. The number of amides is 1.